The molecule has 6 heteroatoms. The molecule has 2 aliphatic carbocycles. The smallest absolute Gasteiger partial charge is 0.257 e. The Morgan fingerprint density at radius 3 is 2.50 bits per heavy atom. The molecule has 0 atom stereocenters. The Morgan fingerprint density at radius 1 is 1.20 bits per heavy atom. The Balaban J connectivity index is 1.53. The van der Waals surface area contributed by atoms with Crippen LogP contribution in [0.3, 0.4) is 0 Å². The average molecular weight is 413 g/mol. The molecule has 30 heavy (non-hydrogen) atoms. The molecule has 2 aliphatic rings. The fraction of sp³-hybridized carbons (Fsp3) is 0.500. The number of pyridine rings is 1. The van der Waals surface area contributed by atoms with E-state index >= 15 is 0 Å². The number of aliphatic hydroxyl groups excluding tert-OH is 1. The average Bonchev–Trinajstić information content (AvgIpc) is 3.61. The first-order valence-corrected chi connectivity index (χ1v) is 10.8. The van der Waals surface area contributed by atoms with Gasteiger partial charge in [-0.1, -0.05) is 6.07 Å². The van der Waals surface area contributed by atoms with Gasteiger partial charge >= 0.3 is 0 Å². The number of hydrogen-bond acceptors (Lipinski definition) is 4. The van der Waals surface area contributed by atoms with Crippen LogP contribution in [-0.2, 0) is 5.41 Å². The molecule has 1 amide bonds. The third kappa shape index (κ3) is 4.06. The number of methoxy groups -OCH3 is 1. The van der Waals surface area contributed by atoms with Gasteiger partial charge in [0, 0.05) is 42.1 Å². The van der Waals surface area contributed by atoms with Crippen molar-refractivity contribution < 1.29 is 19.0 Å². The second-order valence-electron chi connectivity index (χ2n) is 8.49. The number of ether oxygens (including phenoxy) is 1. The molecule has 0 aliphatic heterocycles. The summed E-state index contributed by atoms with van der Waals surface area (Å²) in [5, 5.41) is 9.68. The second kappa shape index (κ2) is 8.72. The molecular formula is C24H29FN2O3. The van der Waals surface area contributed by atoms with Gasteiger partial charge in [0.2, 0.25) is 0 Å². The van der Waals surface area contributed by atoms with Crippen molar-refractivity contribution in [2.45, 2.75) is 62.4 Å². The summed E-state index contributed by atoms with van der Waals surface area (Å²) in [7, 11) is 1.48. The van der Waals surface area contributed by atoms with Crippen LogP contribution in [0.25, 0.3) is 0 Å². The number of halogens is 1. The summed E-state index contributed by atoms with van der Waals surface area (Å²) in [6.45, 7) is 0.115. The third-order valence-corrected chi connectivity index (χ3v) is 6.69. The van der Waals surface area contributed by atoms with Crippen molar-refractivity contribution in [2.24, 2.45) is 0 Å². The molecule has 4 rings (SSSR count). The predicted molar refractivity (Wildman–Crippen MR) is 112 cm³/mol. The Labute approximate surface area is 176 Å². The Morgan fingerprint density at radius 2 is 1.93 bits per heavy atom. The molecule has 2 aromatic rings. The van der Waals surface area contributed by atoms with Gasteiger partial charge in [0.15, 0.2) is 0 Å². The van der Waals surface area contributed by atoms with Crippen LogP contribution >= 0.6 is 0 Å². The number of carbonyl (C=O) groups excluding carboxylic acids is 1. The SMILES string of the molecule is COc1ccc(C(=O)N(C2CC2)[C@H]2CC[C@](CCO)(c3ccccn3)CC2)c(F)c1. The Kier molecular flexibility index (Phi) is 6.04. The van der Waals surface area contributed by atoms with Gasteiger partial charge in [-0.05, 0) is 69.2 Å². The van der Waals surface area contributed by atoms with E-state index in [1.54, 1.807) is 12.3 Å². The van der Waals surface area contributed by atoms with Crippen molar-refractivity contribution in [2.75, 3.05) is 13.7 Å². The zero-order chi connectivity index (χ0) is 21.1. The zero-order valence-corrected chi connectivity index (χ0v) is 17.4. The van der Waals surface area contributed by atoms with E-state index in [1.165, 1.54) is 19.2 Å². The highest BCUT2D eigenvalue weighted by molar-refractivity contribution is 5.95. The lowest BCUT2D eigenvalue weighted by molar-refractivity contribution is 0.0544. The summed E-state index contributed by atoms with van der Waals surface area (Å²) >= 11 is 0. The molecule has 0 radical (unpaired) electrons. The van der Waals surface area contributed by atoms with Gasteiger partial charge in [0.05, 0.1) is 12.7 Å². The second-order valence-corrected chi connectivity index (χ2v) is 8.49. The van der Waals surface area contributed by atoms with Crippen LogP contribution in [0.2, 0.25) is 0 Å². The van der Waals surface area contributed by atoms with Crippen LogP contribution in [0.4, 0.5) is 4.39 Å². The van der Waals surface area contributed by atoms with E-state index in [0.717, 1.165) is 44.2 Å². The molecular weight excluding hydrogens is 383 g/mol. The molecule has 1 aromatic heterocycles. The number of benzene rings is 1. The number of rotatable bonds is 7. The minimum absolute atomic E-state index is 0.0852. The van der Waals surface area contributed by atoms with Crippen LogP contribution in [0.5, 0.6) is 5.75 Å². The number of hydrogen-bond donors (Lipinski definition) is 1. The maximum Gasteiger partial charge on any atom is 0.257 e. The highest BCUT2D eigenvalue weighted by Gasteiger charge is 2.44. The quantitative estimate of drug-likeness (QED) is 0.744. The molecule has 1 N–H and O–H groups in total. The lowest BCUT2D eigenvalue weighted by atomic mass is 9.68. The molecule has 160 valence electrons. The first-order chi connectivity index (χ1) is 14.6. The number of carbonyl (C=O) groups is 1. The van der Waals surface area contributed by atoms with Crippen LogP contribution in [0.15, 0.2) is 42.6 Å². The van der Waals surface area contributed by atoms with Crippen molar-refractivity contribution in [1.82, 2.24) is 9.88 Å². The van der Waals surface area contributed by atoms with Gasteiger partial charge < -0.3 is 14.7 Å². The largest absolute Gasteiger partial charge is 0.497 e. The van der Waals surface area contributed by atoms with E-state index in [4.69, 9.17) is 4.74 Å². The predicted octanol–water partition coefficient (Wildman–Crippen LogP) is 4.10. The first-order valence-electron chi connectivity index (χ1n) is 10.8. The van der Waals surface area contributed by atoms with Crippen molar-refractivity contribution in [1.29, 1.82) is 0 Å². The van der Waals surface area contributed by atoms with Crippen molar-refractivity contribution in [3.63, 3.8) is 0 Å². The van der Waals surface area contributed by atoms with Crippen LogP contribution in [0.1, 0.15) is 61.0 Å². The highest BCUT2D eigenvalue weighted by Crippen LogP contribution is 2.44. The van der Waals surface area contributed by atoms with Gasteiger partial charge in [-0.2, -0.15) is 0 Å². The zero-order valence-electron chi connectivity index (χ0n) is 17.4. The van der Waals surface area contributed by atoms with Gasteiger partial charge in [-0.3, -0.25) is 9.78 Å². The van der Waals surface area contributed by atoms with E-state index in [1.807, 2.05) is 23.1 Å². The lowest BCUT2D eigenvalue weighted by Crippen LogP contribution is -2.47. The van der Waals surface area contributed by atoms with E-state index in [-0.39, 0.29) is 35.6 Å². The summed E-state index contributed by atoms with van der Waals surface area (Å²) in [4.78, 5) is 19.8. The minimum Gasteiger partial charge on any atom is -0.497 e. The van der Waals surface area contributed by atoms with Crippen LogP contribution < -0.4 is 4.74 Å². The number of aliphatic hydroxyl groups is 1. The summed E-state index contributed by atoms with van der Waals surface area (Å²) in [6, 6.07) is 10.6. The molecule has 1 aromatic carbocycles. The van der Waals surface area contributed by atoms with E-state index in [9.17, 15) is 14.3 Å². The molecule has 2 fully saturated rings. The monoisotopic (exact) mass is 412 g/mol. The Hall–Kier alpha value is -2.47. The summed E-state index contributed by atoms with van der Waals surface area (Å²) < 4.78 is 19.6. The summed E-state index contributed by atoms with van der Waals surface area (Å²) in [5.74, 6) is -0.358. The molecule has 2 saturated carbocycles. The van der Waals surface area contributed by atoms with E-state index in [2.05, 4.69) is 4.98 Å². The maximum absolute atomic E-state index is 14.6. The van der Waals surface area contributed by atoms with Gasteiger partial charge in [-0.25, -0.2) is 4.39 Å². The third-order valence-electron chi connectivity index (χ3n) is 6.69. The fourth-order valence-electron chi connectivity index (χ4n) is 4.88. The molecule has 5 nitrogen and oxygen atoms in total. The molecule has 0 saturated heterocycles. The van der Waals surface area contributed by atoms with Gasteiger partial charge in [-0.15, -0.1) is 0 Å². The summed E-state index contributed by atoms with van der Waals surface area (Å²) in [6.07, 6.45) is 7.79. The van der Waals surface area contributed by atoms with Crippen LogP contribution in [-0.4, -0.2) is 46.7 Å². The number of nitrogens with zero attached hydrogens (tertiary/aromatic N) is 2. The lowest BCUT2D eigenvalue weighted by Gasteiger charge is -2.43. The van der Waals surface area contributed by atoms with Crippen molar-refractivity contribution in [3.8, 4) is 5.75 Å². The maximum atomic E-state index is 14.6. The standard InChI is InChI=1S/C24H29FN2O3/c1-30-19-7-8-20(21(25)16-19)23(29)27(17-5-6-17)18-9-11-24(12-10-18,13-15-28)22-4-2-3-14-26-22/h2-4,7-8,14,16-18,28H,5-6,9-13,15H2,1H3/t18-,24-. The van der Waals surface area contributed by atoms with Gasteiger partial charge in [0.25, 0.3) is 5.91 Å². The topological polar surface area (TPSA) is 62.7 Å². The first kappa shape index (κ1) is 20.8. The van der Waals surface area contributed by atoms with E-state index < -0.39 is 5.82 Å². The fourth-order valence-corrected chi connectivity index (χ4v) is 4.88. The minimum atomic E-state index is -0.538. The molecule has 0 bridgehead atoms. The van der Waals surface area contributed by atoms with Crippen molar-refractivity contribution >= 4 is 5.91 Å². The van der Waals surface area contributed by atoms with Crippen molar-refractivity contribution in [3.05, 3.63) is 59.7 Å². The normalized spacial score (nSPS) is 23.8. The Bertz CT molecular complexity index is 877. The molecule has 0 spiro atoms. The number of amides is 1. The summed E-state index contributed by atoms with van der Waals surface area (Å²) in [5.41, 5.74) is 0.971. The van der Waals surface area contributed by atoms with Crippen LogP contribution in [0, 0.1) is 5.82 Å². The molecule has 1 heterocycles. The van der Waals surface area contributed by atoms with E-state index in [0.29, 0.717) is 12.2 Å². The highest BCUT2D eigenvalue weighted by atomic mass is 19.1. The number of aromatic nitrogens is 1. The van der Waals surface area contributed by atoms with Gasteiger partial charge in [0.1, 0.15) is 11.6 Å². The molecule has 0 unspecified atom stereocenters.